The highest BCUT2D eigenvalue weighted by Crippen LogP contribution is 2.36. The zero-order chi connectivity index (χ0) is 14.4. The Balaban J connectivity index is 2.38. The largest absolute Gasteiger partial charge is 0.517 e. The lowest BCUT2D eigenvalue weighted by molar-refractivity contribution is 0.00578. The fraction of sp³-hybridized carbons (Fsp3) is 0.615. The number of hydrogen-bond donors (Lipinski definition) is 1. The van der Waals surface area contributed by atoms with Crippen LogP contribution in [0.4, 0.5) is 4.39 Å². The number of halogens is 1. The second-order valence-corrected chi connectivity index (χ2v) is 5.86. The molecule has 0 amide bonds. The lowest BCUT2D eigenvalue weighted by Crippen LogP contribution is -2.41. The number of rotatable bonds is 2. The fourth-order valence-electron chi connectivity index (χ4n) is 1.92. The van der Waals surface area contributed by atoms with Crippen molar-refractivity contribution in [3.8, 4) is 0 Å². The van der Waals surface area contributed by atoms with Crippen LogP contribution < -0.4 is 5.59 Å². The zero-order valence-electron chi connectivity index (χ0n) is 11.9. The summed E-state index contributed by atoms with van der Waals surface area (Å²) in [6.45, 7) is 9.08. The molecule has 1 atom stereocenters. The monoisotopic (exact) mass is 267 g/mol. The van der Waals surface area contributed by atoms with Gasteiger partial charge in [0.1, 0.15) is 11.4 Å². The molecular formula is C13H19BFNO3. The topological polar surface area (TPSA) is 51.6 Å². The molecular weight excluding hydrogens is 248 g/mol. The summed E-state index contributed by atoms with van der Waals surface area (Å²) in [5.41, 5.74) is -0.823. The number of aromatic nitrogens is 1. The van der Waals surface area contributed by atoms with Gasteiger partial charge in [-0.3, -0.25) is 4.98 Å². The van der Waals surface area contributed by atoms with Crippen LogP contribution in [-0.4, -0.2) is 28.4 Å². The van der Waals surface area contributed by atoms with E-state index in [1.165, 1.54) is 19.2 Å². The van der Waals surface area contributed by atoms with Crippen LogP contribution in [0.3, 0.4) is 0 Å². The van der Waals surface area contributed by atoms with Crippen LogP contribution in [0.2, 0.25) is 0 Å². The van der Waals surface area contributed by atoms with E-state index in [4.69, 9.17) is 9.31 Å². The third-order valence-corrected chi connectivity index (χ3v) is 3.87. The molecule has 2 rings (SSSR count). The summed E-state index contributed by atoms with van der Waals surface area (Å²) in [6.07, 6.45) is 0.551. The highest BCUT2D eigenvalue weighted by atomic mass is 19.1. The van der Waals surface area contributed by atoms with Crippen LogP contribution in [0.15, 0.2) is 12.3 Å². The van der Waals surface area contributed by atoms with E-state index < -0.39 is 30.2 Å². The molecule has 1 aliphatic heterocycles. The van der Waals surface area contributed by atoms with Crippen LogP contribution in [0.1, 0.15) is 46.3 Å². The zero-order valence-corrected chi connectivity index (χ0v) is 11.9. The van der Waals surface area contributed by atoms with Crippen molar-refractivity contribution in [1.29, 1.82) is 0 Å². The Labute approximate surface area is 113 Å². The molecule has 104 valence electrons. The van der Waals surface area contributed by atoms with E-state index in [-0.39, 0.29) is 11.2 Å². The number of pyridine rings is 1. The van der Waals surface area contributed by atoms with Crippen molar-refractivity contribution in [2.75, 3.05) is 0 Å². The summed E-state index contributed by atoms with van der Waals surface area (Å²) in [7, 11) is -0.858. The molecule has 1 fully saturated rings. The molecule has 2 heterocycles. The Hall–Kier alpha value is -0.975. The highest BCUT2D eigenvalue weighted by Gasteiger charge is 2.53. The molecule has 19 heavy (non-hydrogen) atoms. The van der Waals surface area contributed by atoms with Gasteiger partial charge >= 0.3 is 7.12 Å². The van der Waals surface area contributed by atoms with E-state index in [1.54, 1.807) is 0 Å². The SMILES string of the molecule is CC(O)c1ccnc(B2OC(C)(C)C(C)(C)O2)c1F. The van der Waals surface area contributed by atoms with Crippen LogP contribution in [0, 0.1) is 5.82 Å². The maximum absolute atomic E-state index is 14.3. The first-order valence-electron chi connectivity index (χ1n) is 6.34. The molecule has 1 aliphatic rings. The second kappa shape index (κ2) is 4.54. The molecule has 1 aromatic rings. The Bertz CT molecular complexity index is 475. The molecule has 1 N–H and O–H groups in total. The van der Waals surface area contributed by atoms with E-state index in [0.717, 1.165) is 0 Å². The van der Waals surface area contributed by atoms with Crippen LogP contribution in [0.25, 0.3) is 0 Å². The summed E-state index contributed by atoms with van der Waals surface area (Å²) in [4.78, 5) is 4.00. The number of aliphatic hydroxyl groups is 1. The molecule has 1 saturated heterocycles. The Morgan fingerprint density at radius 2 is 1.79 bits per heavy atom. The molecule has 0 aromatic carbocycles. The summed E-state index contributed by atoms with van der Waals surface area (Å²) in [5, 5.41) is 9.53. The van der Waals surface area contributed by atoms with E-state index in [1.807, 2.05) is 27.7 Å². The van der Waals surface area contributed by atoms with E-state index in [9.17, 15) is 9.50 Å². The minimum Gasteiger partial charge on any atom is -0.398 e. The fourth-order valence-corrected chi connectivity index (χ4v) is 1.92. The Kier molecular flexibility index (Phi) is 3.45. The molecule has 6 heteroatoms. The van der Waals surface area contributed by atoms with Gasteiger partial charge < -0.3 is 14.4 Å². The van der Waals surface area contributed by atoms with Gasteiger partial charge in [-0.2, -0.15) is 0 Å². The van der Waals surface area contributed by atoms with Gasteiger partial charge in [-0.25, -0.2) is 4.39 Å². The normalized spacial score (nSPS) is 22.6. The first-order chi connectivity index (χ1) is 8.66. The first-order valence-corrected chi connectivity index (χ1v) is 6.34. The summed E-state index contributed by atoms with van der Waals surface area (Å²) in [5.74, 6) is -0.573. The average Bonchev–Trinajstić information content (AvgIpc) is 2.47. The minimum atomic E-state index is -0.899. The quantitative estimate of drug-likeness (QED) is 0.826. The average molecular weight is 267 g/mol. The van der Waals surface area contributed by atoms with Gasteiger partial charge in [0.15, 0.2) is 0 Å². The summed E-state index contributed by atoms with van der Waals surface area (Å²) >= 11 is 0. The second-order valence-electron chi connectivity index (χ2n) is 5.86. The van der Waals surface area contributed by atoms with Crippen LogP contribution in [-0.2, 0) is 9.31 Å². The van der Waals surface area contributed by atoms with Crippen molar-refractivity contribution in [3.05, 3.63) is 23.6 Å². The van der Waals surface area contributed by atoms with Crippen molar-refractivity contribution in [1.82, 2.24) is 4.98 Å². The third kappa shape index (κ3) is 2.40. The molecule has 1 aromatic heterocycles. The van der Waals surface area contributed by atoms with Crippen molar-refractivity contribution in [2.45, 2.75) is 51.9 Å². The Morgan fingerprint density at radius 3 is 2.26 bits per heavy atom. The third-order valence-electron chi connectivity index (χ3n) is 3.87. The number of nitrogens with zero attached hydrogens (tertiary/aromatic N) is 1. The van der Waals surface area contributed by atoms with Gasteiger partial charge in [-0.05, 0) is 40.7 Å². The Morgan fingerprint density at radius 1 is 1.26 bits per heavy atom. The highest BCUT2D eigenvalue weighted by molar-refractivity contribution is 6.61. The van der Waals surface area contributed by atoms with Crippen LogP contribution in [0.5, 0.6) is 0 Å². The maximum atomic E-state index is 14.3. The van der Waals surface area contributed by atoms with Gasteiger partial charge in [-0.1, -0.05) is 0 Å². The maximum Gasteiger partial charge on any atom is 0.517 e. The number of aliphatic hydroxyl groups excluding tert-OH is 1. The van der Waals surface area contributed by atoms with E-state index in [0.29, 0.717) is 0 Å². The van der Waals surface area contributed by atoms with Gasteiger partial charge in [-0.15, -0.1) is 0 Å². The van der Waals surface area contributed by atoms with E-state index >= 15 is 0 Å². The summed E-state index contributed by atoms with van der Waals surface area (Å²) < 4.78 is 25.8. The predicted octanol–water partition coefficient (Wildman–Crippen LogP) is 1.57. The van der Waals surface area contributed by atoms with Gasteiger partial charge in [0.2, 0.25) is 0 Å². The first kappa shape index (κ1) is 14.4. The smallest absolute Gasteiger partial charge is 0.398 e. The predicted molar refractivity (Wildman–Crippen MR) is 70.5 cm³/mol. The van der Waals surface area contributed by atoms with Crippen molar-refractivity contribution in [3.63, 3.8) is 0 Å². The lowest BCUT2D eigenvalue weighted by Gasteiger charge is -2.32. The van der Waals surface area contributed by atoms with Gasteiger partial charge in [0, 0.05) is 11.8 Å². The van der Waals surface area contributed by atoms with Gasteiger partial charge in [0.25, 0.3) is 0 Å². The summed E-state index contributed by atoms with van der Waals surface area (Å²) in [6, 6.07) is 1.45. The van der Waals surface area contributed by atoms with Crippen molar-refractivity contribution in [2.24, 2.45) is 0 Å². The van der Waals surface area contributed by atoms with E-state index in [2.05, 4.69) is 4.98 Å². The lowest BCUT2D eigenvalue weighted by atomic mass is 9.82. The molecule has 0 radical (unpaired) electrons. The molecule has 0 saturated carbocycles. The van der Waals surface area contributed by atoms with Crippen molar-refractivity contribution < 1.29 is 18.8 Å². The molecule has 0 bridgehead atoms. The van der Waals surface area contributed by atoms with Crippen molar-refractivity contribution >= 4 is 12.7 Å². The number of hydrogen-bond acceptors (Lipinski definition) is 4. The minimum absolute atomic E-state index is 0.0806. The molecule has 1 unspecified atom stereocenters. The standard InChI is InChI=1S/C13H19BFNO3/c1-8(17)9-6-7-16-11(10(9)15)14-18-12(2,3)13(4,5)19-14/h6-8,17H,1-5H3. The molecule has 4 nitrogen and oxygen atoms in total. The molecule has 0 spiro atoms. The van der Waals surface area contributed by atoms with Gasteiger partial charge in [0.05, 0.1) is 17.3 Å². The van der Waals surface area contributed by atoms with Crippen LogP contribution >= 0.6 is 0 Å². The molecule has 0 aliphatic carbocycles.